The molecule has 1 aromatic carbocycles. The molecule has 1 amide bonds. The number of carbonyl (C=O) groups is 2. The number of methoxy groups -OCH3 is 1. The number of β-amino-alcohol motifs (C(OH)–C–C–N with tert-alkyl or cyclic N) is 1. The number of rotatable bonds is 7. The molecule has 0 radical (unpaired) electrons. The maximum absolute atomic E-state index is 14.1. The Morgan fingerprint density at radius 1 is 1.35 bits per heavy atom. The Bertz CT molecular complexity index is 726. The first kappa shape index (κ1) is 19.6. The lowest BCUT2D eigenvalue weighted by Gasteiger charge is -2.16. The molecule has 142 valence electrons. The Morgan fingerprint density at radius 3 is 2.46 bits per heavy atom. The number of hydrogen-bond acceptors (Lipinski definition) is 6. The summed E-state index contributed by atoms with van der Waals surface area (Å²) < 4.78 is 38.0. The van der Waals surface area contributed by atoms with Crippen molar-refractivity contribution in [2.75, 3.05) is 32.1 Å². The van der Waals surface area contributed by atoms with Crippen molar-refractivity contribution in [3.63, 3.8) is 0 Å². The summed E-state index contributed by atoms with van der Waals surface area (Å²) in [5.74, 6) is -3.74. The number of nitrogens with one attached hydrogen (secondary N) is 1. The van der Waals surface area contributed by atoms with Gasteiger partial charge in [0.15, 0.2) is 17.4 Å². The molecule has 7 nitrogen and oxygen atoms in total. The van der Waals surface area contributed by atoms with E-state index in [1.807, 2.05) is 0 Å². The normalized spacial score (nSPS) is 14.3. The molecule has 1 aliphatic rings. The smallest absolute Gasteiger partial charge is 0.337 e. The standard InChI is InChI=1S/C17H20F2N2O5/c1-9(2)26-15-12(18)6-10(7-13(15)19)20-14-11(17(24)25-3)8-21(4-5-22)16(14)23/h6-7,9,20,22H,4-5,8H2,1-3H3. The highest BCUT2D eigenvalue weighted by Gasteiger charge is 2.34. The average Bonchev–Trinajstić information content (AvgIpc) is 2.87. The fraction of sp³-hybridized carbons (Fsp3) is 0.412. The number of halogens is 2. The van der Waals surface area contributed by atoms with Crippen LogP contribution in [0.3, 0.4) is 0 Å². The first-order valence-corrected chi connectivity index (χ1v) is 7.92. The molecular weight excluding hydrogens is 350 g/mol. The largest absolute Gasteiger partial charge is 0.485 e. The van der Waals surface area contributed by atoms with Gasteiger partial charge in [0, 0.05) is 24.4 Å². The fourth-order valence-electron chi connectivity index (χ4n) is 2.47. The Labute approximate surface area is 149 Å². The van der Waals surface area contributed by atoms with E-state index in [-0.39, 0.29) is 36.7 Å². The molecule has 1 heterocycles. The van der Waals surface area contributed by atoms with Crippen LogP contribution in [-0.4, -0.2) is 54.8 Å². The van der Waals surface area contributed by atoms with Crippen LogP contribution in [0.15, 0.2) is 23.4 Å². The van der Waals surface area contributed by atoms with Gasteiger partial charge in [-0.05, 0) is 13.8 Å². The summed E-state index contributed by atoms with van der Waals surface area (Å²) in [5, 5.41) is 11.6. The molecule has 9 heteroatoms. The van der Waals surface area contributed by atoms with Gasteiger partial charge < -0.3 is 24.8 Å². The summed E-state index contributed by atoms with van der Waals surface area (Å²) in [5.41, 5.74) is -0.206. The number of amides is 1. The predicted molar refractivity (Wildman–Crippen MR) is 88.5 cm³/mol. The zero-order valence-corrected chi connectivity index (χ0v) is 14.6. The van der Waals surface area contributed by atoms with Gasteiger partial charge in [-0.25, -0.2) is 13.6 Å². The first-order valence-electron chi connectivity index (χ1n) is 7.92. The van der Waals surface area contributed by atoms with Crippen LogP contribution < -0.4 is 10.1 Å². The molecule has 1 aliphatic heterocycles. The van der Waals surface area contributed by atoms with Crippen molar-refractivity contribution < 1.29 is 33.0 Å². The highest BCUT2D eigenvalue weighted by Crippen LogP contribution is 2.29. The summed E-state index contributed by atoms with van der Waals surface area (Å²) in [6.45, 7) is 2.90. The first-order chi connectivity index (χ1) is 12.3. The van der Waals surface area contributed by atoms with Crippen LogP contribution in [0.1, 0.15) is 13.8 Å². The number of nitrogens with zero attached hydrogens (tertiary/aromatic N) is 1. The van der Waals surface area contributed by atoms with Crippen LogP contribution in [0.2, 0.25) is 0 Å². The minimum absolute atomic E-state index is 0.00833. The van der Waals surface area contributed by atoms with E-state index in [0.717, 1.165) is 19.2 Å². The lowest BCUT2D eigenvalue weighted by molar-refractivity contribution is -0.136. The van der Waals surface area contributed by atoms with Gasteiger partial charge in [0.1, 0.15) is 5.70 Å². The summed E-state index contributed by atoms with van der Waals surface area (Å²) in [4.78, 5) is 25.5. The summed E-state index contributed by atoms with van der Waals surface area (Å²) >= 11 is 0. The van der Waals surface area contributed by atoms with E-state index >= 15 is 0 Å². The molecule has 1 aromatic rings. The van der Waals surface area contributed by atoms with Crippen LogP contribution in [0.25, 0.3) is 0 Å². The van der Waals surface area contributed by atoms with Crippen LogP contribution in [-0.2, 0) is 14.3 Å². The van der Waals surface area contributed by atoms with Crippen molar-refractivity contribution in [3.8, 4) is 5.75 Å². The van der Waals surface area contributed by atoms with Crippen molar-refractivity contribution in [1.29, 1.82) is 0 Å². The maximum Gasteiger partial charge on any atom is 0.337 e. The second-order valence-electron chi connectivity index (χ2n) is 5.86. The highest BCUT2D eigenvalue weighted by atomic mass is 19.1. The number of anilines is 1. The van der Waals surface area contributed by atoms with Crippen LogP contribution in [0.5, 0.6) is 5.75 Å². The van der Waals surface area contributed by atoms with E-state index in [1.54, 1.807) is 13.8 Å². The topological polar surface area (TPSA) is 88.1 Å². The van der Waals surface area contributed by atoms with E-state index in [0.29, 0.717) is 0 Å². The van der Waals surface area contributed by atoms with Crippen LogP contribution >= 0.6 is 0 Å². The van der Waals surface area contributed by atoms with Crippen LogP contribution in [0, 0.1) is 11.6 Å². The Balaban J connectivity index is 2.35. The van der Waals surface area contributed by atoms with E-state index in [9.17, 15) is 18.4 Å². The van der Waals surface area contributed by atoms with E-state index in [1.165, 1.54) is 4.90 Å². The molecule has 0 saturated heterocycles. The molecule has 0 aromatic heterocycles. The van der Waals surface area contributed by atoms with Crippen molar-refractivity contribution in [2.45, 2.75) is 20.0 Å². The molecule has 0 atom stereocenters. The minimum atomic E-state index is -0.945. The zero-order valence-electron chi connectivity index (χ0n) is 14.6. The number of aliphatic hydroxyl groups is 1. The molecular formula is C17H20F2N2O5. The number of benzene rings is 1. The second-order valence-corrected chi connectivity index (χ2v) is 5.86. The fourth-order valence-corrected chi connectivity index (χ4v) is 2.47. The molecule has 0 saturated carbocycles. The average molecular weight is 370 g/mol. The van der Waals surface area contributed by atoms with Gasteiger partial charge in [-0.15, -0.1) is 0 Å². The Kier molecular flexibility index (Phi) is 6.14. The van der Waals surface area contributed by atoms with E-state index in [4.69, 9.17) is 9.84 Å². The monoisotopic (exact) mass is 370 g/mol. The van der Waals surface area contributed by atoms with Crippen molar-refractivity contribution >= 4 is 17.6 Å². The summed E-state index contributed by atoms with van der Waals surface area (Å²) in [7, 11) is 1.16. The minimum Gasteiger partial charge on any atom is -0.485 e. The van der Waals surface area contributed by atoms with Gasteiger partial charge >= 0.3 is 5.97 Å². The van der Waals surface area contributed by atoms with E-state index < -0.39 is 35.4 Å². The molecule has 2 N–H and O–H groups in total. The number of hydrogen-bond donors (Lipinski definition) is 2. The third-order valence-electron chi connectivity index (χ3n) is 3.57. The molecule has 0 fully saturated rings. The Morgan fingerprint density at radius 2 is 1.96 bits per heavy atom. The third-order valence-corrected chi connectivity index (χ3v) is 3.57. The summed E-state index contributed by atoms with van der Waals surface area (Å²) in [6, 6.07) is 1.93. The van der Waals surface area contributed by atoms with Crippen LogP contribution in [0.4, 0.5) is 14.5 Å². The molecule has 0 unspecified atom stereocenters. The van der Waals surface area contributed by atoms with Gasteiger partial charge in [0.2, 0.25) is 0 Å². The summed E-state index contributed by atoms with van der Waals surface area (Å²) in [6.07, 6.45) is -0.421. The van der Waals surface area contributed by atoms with Crippen molar-refractivity contribution in [3.05, 3.63) is 35.0 Å². The second kappa shape index (κ2) is 8.13. The number of esters is 1. The molecule has 0 bridgehead atoms. The van der Waals surface area contributed by atoms with Gasteiger partial charge in [0.25, 0.3) is 5.91 Å². The molecule has 0 aliphatic carbocycles. The van der Waals surface area contributed by atoms with Crippen molar-refractivity contribution in [1.82, 2.24) is 4.90 Å². The van der Waals surface area contributed by atoms with E-state index in [2.05, 4.69) is 10.1 Å². The number of ether oxygens (including phenoxy) is 2. The van der Waals surface area contributed by atoms with Gasteiger partial charge in [-0.3, -0.25) is 4.79 Å². The van der Waals surface area contributed by atoms with Gasteiger partial charge in [-0.1, -0.05) is 0 Å². The molecule has 26 heavy (non-hydrogen) atoms. The van der Waals surface area contributed by atoms with Crippen molar-refractivity contribution in [2.24, 2.45) is 0 Å². The lowest BCUT2D eigenvalue weighted by Crippen LogP contribution is -2.31. The Hall–Kier alpha value is -2.68. The number of aliphatic hydroxyl groups excluding tert-OH is 1. The zero-order chi connectivity index (χ0) is 19.4. The SMILES string of the molecule is COC(=O)C1=C(Nc2cc(F)c(OC(C)C)c(F)c2)C(=O)N(CCO)C1. The lowest BCUT2D eigenvalue weighted by atomic mass is 10.2. The predicted octanol–water partition coefficient (Wildman–Crippen LogP) is 1.43. The third kappa shape index (κ3) is 4.10. The quantitative estimate of drug-likeness (QED) is 0.706. The number of carbonyl (C=O) groups excluding carboxylic acids is 2. The highest BCUT2D eigenvalue weighted by molar-refractivity contribution is 6.08. The van der Waals surface area contributed by atoms with Gasteiger partial charge in [-0.2, -0.15) is 0 Å². The van der Waals surface area contributed by atoms with Gasteiger partial charge in [0.05, 0.1) is 31.9 Å². The molecule has 2 rings (SSSR count). The maximum atomic E-state index is 14.1. The molecule has 0 spiro atoms.